The van der Waals surface area contributed by atoms with E-state index in [1.807, 2.05) is 30.3 Å². The lowest BCUT2D eigenvalue weighted by Crippen LogP contribution is -2.28. The molecule has 4 nitrogen and oxygen atoms in total. The zero-order valence-electron chi connectivity index (χ0n) is 11.1. The van der Waals surface area contributed by atoms with Gasteiger partial charge in [-0.2, -0.15) is 10.5 Å². The van der Waals surface area contributed by atoms with Gasteiger partial charge in [-0.25, -0.2) is 4.98 Å². The van der Waals surface area contributed by atoms with Gasteiger partial charge in [0.15, 0.2) is 0 Å². The number of benzene rings is 1. The van der Waals surface area contributed by atoms with Gasteiger partial charge in [-0.1, -0.05) is 18.2 Å². The molecule has 1 heterocycles. The Hall–Kier alpha value is -2.59. The van der Waals surface area contributed by atoms with Crippen LogP contribution in [0.3, 0.4) is 0 Å². The van der Waals surface area contributed by atoms with Gasteiger partial charge in [-0.05, 0) is 25.0 Å². The number of aromatic nitrogens is 1. The van der Waals surface area contributed by atoms with E-state index in [0.29, 0.717) is 24.6 Å². The molecule has 4 heteroatoms. The van der Waals surface area contributed by atoms with Gasteiger partial charge in [0.05, 0.1) is 23.6 Å². The van der Waals surface area contributed by atoms with Gasteiger partial charge in [0.25, 0.3) is 0 Å². The second kappa shape index (κ2) is 5.19. The molecule has 0 saturated heterocycles. The number of para-hydroxylation sites is 1. The van der Waals surface area contributed by atoms with Crippen molar-refractivity contribution in [3.63, 3.8) is 0 Å². The van der Waals surface area contributed by atoms with E-state index in [1.165, 1.54) is 0 Å². The molecule has 0 amide bonds. The van der Waals surface area contributed by atoms with E-state index < -0.39 is 0 Å². The molecule has 0 aliphatic heterocycles. The molecule has 1 aromatic carbocycles. The van der Waals surface area contributed by atoms with Crippen molar-refractivity contribution in [2.45, 2.75) is 25.3 Å². The molecule has 0 unspecified atom stereocenters. The Morgan fingerprint density at radius 2 is 2.05 bits per heavy atom. The van der Waals surface area contributed by atoms with Crippen molar-refractivity contribution in [3.05, 3.63) is 35.9 Å². The van der Waals surface area contributed by atoms with Crippen LogP contribution in [-0.4, -0.2) is 17.6 Å². The first-order chi connectivity index (χ1) is 9.83. The average molecular weight is 262 g/mol. The van der Waals surface area contributed by atoms with Gasteiger partial charge in [-0.15, -0.1) is 0 Å². The number of hydrogen-bond donors (Lipinski definition) is 0. The number of fused-ring (bicyclic) bond motifs is 1. The lowest BCUT2D eigenvalue weighted by Gasteiger charge is -2.23. The maximum Gasteiger partial charge on any atom is 0.147 e. The van der Waals surface area contributed by atoms with Crippen LogP contribution in [0.2, 0.25) is 0 Å². The van der Waals surface area contributed by atoms with Crippen molar-refractivity contribution in [1.82, 2.24) is 4.98 Å². The fourth-order valence-corrected chi connectivity index (χ4v) is 2.43. The summed E-state index contributed by atoms with van der Waals surface area (Å²) in [5.74, 6) is 0.726. The fourth-order valence-electron chi connectivity index (χ4n) is 2.43. The number of nitrogens with zero attached hydrogens (tertiary/aromatic N) is 4. The molecule has 1 aliphatic carbocycles. The highest BCUT2D eigenvalue weighted by Gasteiger charge is 2.31. The molecule has 0 N–H and O–H groups in total. The summed E-state index contributed by atoms with van der Waals surface area (Å²) in [5.41, 5.74) is 1.48. The summed E-state index contributed by atoms with van der Waals surface area (Å²) >= 11 is 0. The van der Waals surface area contributed by atoms with Crippen LogP contribution < -0.4 is 4.90 Å². The molecular weight excluding hydrogens is 248 g/mol. The summed E-state index contributed by atoms with van der Waals surface area (Å²) in [5, 5.41) is 19.1. The highest BCUT2D eigenvalue weighted by atomic mass is 15.2. The van der Waals surface area contributed by atoms with Gasteiger partial charge in [0.1, 0.15) is 11.9 Å². The van der Waals surface area contributed by atoms with Crippen molar-refractivity contribution in [1.29, 1.82) is 10.5 Å². The van der Waals surface area contributed by atoms with Gasteiger partial charge in [-0.3, -0.25) is 0 Å². The molecule has 0 spiro atoms. The first-order valence-electron chi connectivity index (χ1n) is 6.77. The molecular formula is C16H14N4. The highest BCUT2D eigenvalue weighted by Crippen LogP contribution is 2.33. The molecule has 2 aromatic rings. The topological polar surface area (TPSA) is 63.7 Å². The molecule has 1 aromatic heterocycles. The Kier molecular flexibility index (Phi) is 3.23. The quantitative estimate of drug-likeness (QED) is 0.849. The molecule has 0 atom stereocenters. The zero-order chi connectivity index (χ0) is 13.9. The third-order valence-corrected chi connectivity index (χ3v) is 3.55. The van der Waals surface area contributed by atoms with Crippen molar-refractivity contribution in [2.24, 2.45) is 0 Å². The molecule has 3 rings (SSSR count). The summed E-state index contributed by atoms with van der Waals surface area (Å²) in [4.78, 5) is 6.77. The second-order valence-electron chi connectivity index (χ2n) is 5.00. The lowest BCUT2D eigenvalue weighted by molar-refractivity contribution is 0.779. The van der Waals surface area contributed by atoms with E-state index in [9.17, 15) is 5.26 Å². The van der Waals surface area contributed by atoms with E-state index in [0.717, 1.165) is 29.6 Å². The summed E-state index contributed by atoms with van der Waals surface area (Å²) in [6.45, 7) is 0.640. The molecule has 98 valence electrons. The van der Waals surface area contributed by atoms with Crippen LogP contribution >= 0.6 is 0 Å². The minimum Gasteiger partial charge on any atom is -0.351 e. The third kappa shape index (κ3) is 2.29. The maximum atomic E-state index is 9.37. The SMILES string of the molecule is N#CCCN(c1nc2ccccc2cc1C#N)C1CC1. The van der Waals surface area contributed by atoms with Crippen LogP contribution in [0.5, 0.6) is 0 Å². The number of hydrogen-bond acceptors (Lipinski definition) is 4. The fraction of sp³-hybridized carbons (Fsp3) is 0.312. The van der Waals surface area contributed by atoms with E-state index in [2.05, 4.69) is 22.0 Å². The monoisotopic (exact) mass is 262 g/mol. The second-order valence-corrected chi connectivity index (χ2v) is 5.00. The lowest BCUT2D eigenvalue weighted by atomic mass is 10.1. The Morgan fingerprint density at radius 1 is 1.25 bits per heavy atom. The van der Waals surface area contributed by atoms with E-state index in [1.54, 1.807) is 0 Å². The highest BCUT2D eigenvalue weighted by molar-refractivity contribution is 5.83. The largest absolute Gasteiger partial charge is 0.351 e. The Morgan fingerprint density at radius 3 is 2.75 bits per heavy atom. The number of rotatable bonds is 4. The van der Waals surface area contributed by atoms with Crippen LogP contribution in [0.4, 0.5) is 5.82 Å². The van der Waals surface area contributed by atoms with E-state index >= 15 is 0 Å². The summed E-state index contributed by atoms with van der Waals surface area (Å²) in [6, 6.07) is 14.5. The van der Waals surface area contributed by atoms with Crippen LogP contribution in [0.25, 0.3) is 10.9 Å². The maximum absolute atomic E-state index is 9.37. The third-order valence-electron chi connectivity index (χ3n) is 3.55. The van der Waals surface area contributed by atoms with Gasteiger partial charge in [0, 0.05) is 18.0 Å². The number of nitriles is 2. The van der Waals surface area contributed by atoms with Crippen molar-refractivity contribution in [2.75, 3.05) is 11.4 Å². The van der Waals surface area contributed by atoms with Gasteiger partial charge >= 0.3 is 0 Å². The van der Waals surface area contributed by atoms with Crippen LogP contribution in [0.1, 0.15) is 24.8 Å². The number of pyridine rings is 1. The molecule has 0 radical (unpaired) electrons. The Labute approximate surface area is 117 Å². The normalized spacial score (nSPS) is 13.7. The Bertz CT molecular complexity index is 719. The van der Waals surface area contributed by atoms with E-state index in [4.69, 9.17) is 5.26 Å². The zero-order valence-corrected chi connectivity index (χ0v) is 11.1. The minimum atomic E-state index is 0.434. The molecule has 1 fully saturated rings. The molecule has 20 heavy (non-hydrogen) atoms. The van der Waals surface area contributed by atoms with Crippen molar-refractivity contribution < 1.29 is 0 Å². The first-order valence-corrected chi connectivity index (χ1v) is 6.77. The van der Waals surface area contributed by atoms with Crippen LogP contribution in [-0.2, 0) is 0 Å². The molecule has 1 saturated carbocycles. The van der Waals surface area contributed by atoms with Crippen molar-refractivity contribution >= 4 is 16.7 Å². The summed E-state index contributed by atoms with van der Waals surface area (Å²) < 4.78 is 0. The standard InChI is InChI=1S/C16H14N4/c17-8-3-9-20(14-6-7-14)16-13(11-18)10-12-4-1-2-5-15(12)19-16/h1-2,4-5,10,14H,3,6-7,9H2. The predicted molar refractivity (Wildman–Crippen MR) is 77.1 cm³/mol. The summed E-state index contributed by atoms with van der Waals surface area (Å²) in [6.07, 6.45) is 2.69. The van der Waals surface area contributed by atoms with Crippen molar-refractivity contribution in [3.8, 4) is 12.1 Å². The predicted octanol–water partition coefficient (Wildman–Crippen LogP) is 2.99. The van der Waals surface area contributed by atoms with Gasteiger partial charge < -0.3 is 4.90 Å². The molecule has 0 bridgehead atoms. The Balaban J connectivity index is 2.08. The first kappa shape index (κ1) is 12.4. The van der Waals surface area contributed by atoms with E-state index in [-0.39, 0.29) is 0 Å². The minimum absolute atomic E-state index is 0.434. The van der Waals surface area contributed by atoms with Gasteiger partial charge in [0.2, 0.25) is 0 Å². The van der Waals surface area contributed by atoms with Crippen LogP contribution in [0.15, 0.2) is 30.3 Å². The smallest absolute Gasteiger partial charge is 0.147 e. The van der Waals surface area contributed by atoms with Crippen LogP contribution in [0, 0.1) is 22.7 Å². The summed E-state index contributed by atoms with van der Waals surface area (Å²) in [7, 11) is 0. The average Bonchev–Trinajstić information content (AvgIpc) is 3.31. The number of anilines is 1. The molecule has 1 aliphatic rings.